The van der Waals surface area contributed by atoms with Crippen molar-refractivity contribution in [2.24, 2.45) is 11.8 Å². The number of benzene rings is 1. The first-order valence-corrected chi connectivity index (χ1v) is 11.4. The summed E-state index contributed by atoms with van der Waals surface area (Å²) in [6.07, 6.45) is 8.52. The minimum atomic E-state index is -0.483. The SMILES string of the molecule is Cc1cc(CN(C)C(=O)c2ccc(C[C@@H]3CC[C@H]([C@H](O)c4cccnc4)C3)cc2)cnc1F. The molecule has 1 amide bonds. The van der Waals surface area contributed by atoms with Gasteiger partial charge in [0.25, 0.3) is 5.91 Å². The van der Waals surface area contributed by atoms with Crippen LogP contribution in [-0.2, 0) is 13.0 Å². The number of aliphatic hydroxyl groups is 1. The minimum Gasteiger partial charge on any atom is -0.388 e. The third-order valence-electron chi connectivity index (χ3n) is 6.62. The fourth-order valence-corrected chi connectivity index (χ4v) is 4.79. The lowest BCUT2D eigenvalue weighted by Gasteiger charge is -2.19. The molecule has 4 rings (SSSR count). The van der Waals surface area contributed by atoms with Crippen molar-refractivity contribution in [1.29, 1.82) is 0 Å². The highest BCUT2D eigenvalue weighted by Crippen LogP contribution is 2.40. The summed E-state index contributed by atoms with van der Waals surface area (Å²) in [7, 11) is 1.74. The topological polar surface area (TPSA) is 66.3 Å². The van der Waals surface area contributed by atoms with Crippen molar-refractivity contribution in [1.82, 2.24) is 14.9 Å². The first kappa shape index (κ1) is 23.1. The molecule has 172 valence electrons. The van der Waals surface area contributed by atoms with Gasteiger partial charge < -0.3 is 10.0 Å². The van der Waals surface area contributed by atoms with Gasteiger partial charge in [-0.05, 0) is 85.4 Å². The molecule has 0 radical (unpaired) electrons. The van der Waals surface area contributed by atoms with Gasteiger partial charge in [-0.25, -0.2) is 4.98 Å². The Balaban J connectivity index is 1.31. The summed E-state index contributed by atoms with van der Waals surface area (Å²) >= 11 is 0. The normalized spacial score (nSPS) is 18.8. The van der Waals surface area contributed by atoms with E-state index in [9.17, 15) is 14.3 Å². The first-order chi connectivity index (χ1) is 15.9. The highest BCUT2D eigenvalue weighted by Gasteiger charge is 2.30. The number of aryl methyl sites for hydroxylation is 1. The quantitative estimate of drug-likeness (QED) is 0.524. The molecule has 1 aromatic carbocycles. The second-order valence-electron chi connectivity index (χ2n) is 9.18. The van der Waals surface area contributed by atoms with Crippen LogP contribution >= 0.6 is 0 Å². The second-order valence-corrected chi connectivity index (χ2v) is 9.18. The van der Waals surface area contributed by atoms with E-state index >= 15 is 0 Å². The summed E-state index contributed by atoms with van der Waals surface area (Å²) < 4.78 is 13.4. The molecule has 1 saturated carbocycles. The van der Waals surface area contributed by atoms with E-state index in [1.54, 1.807) is 37.3 Å². The number of hydrogen-bond acceptors (Lipinski definition) is 4. The zero-order chi connectivity index (χ0) is 23.4. The van der Waals surface area contributed by atoms with Crippen LogP contribution in [-0.4, -0.2) is 32.9 Å². The highest BCUT2D eigenvalue weighted by atomic mass is 19.1. The van der Waals surface area contributed by atoms with Gasteiger partial charge in [0.1, 0.15) is 0 Å². The van der Waals surface area contributed by atoms with Crippen LogP contribution in [0.2, 0.25) is 0 Å². The predicted molar refractivity (Wildman–Crippen MR) is 125 cm³/mol. The van der Waals surface area contributed by atoms with Crippen LogP contribution in [0, 0.1) is 24.7 Å². The first-order valence-electron chi connectivity index (χ1n) is 11.4. The van der Waals surface area contributed by atoms with Crippen molar-refractivity contribution in [2.45, 2.75) is 45.3 Å². The molecule has 2 heterocycles. The van der Waals surface area contributed by atoms with E-state index in [1.807, 2.05) is 36.4 Å². The van der Waals surface area contributed by atoms with Crippen molar-refractivity contribution >= 4 is 5.91 Å². The van der Waals surface area contributed by atoms with E-state index in [4.69, 9.17) is 0 Å². The molecule has 0 saturated heterocycles. The number of halogens is 1. The molecule has 0 aliphatic heterocycles. The Bertz CT molecular complexity index is 1090. The monoisotopic (exact) mass is 447 g/mol. The zero-order valence-electron chi connectivity index (χ0n) is 19.1. The maximum Gasteiger partial charge on any atom is 0.253 e. The van der Waals surface area contributed by atoms with Gasteiger partial charge >= 0.3 is 0 Å². The third kappa shape index (κ3) is 5.63. The van der Waals surface area contributed by atoms with Gasteiger partial charge in [0.15, 0.2) is 0 Å². The van der Waals surface area contributed by atoms with Gasteiger partial charge in [-0.15, -0.1) is 0 Å². The minimum absolute atomic E-state index is 0.0796. The molecule has 1 fully saturated rings. The molecule has 6 heteroatoms. The fourth-order valence-electron chi connectivity index (χ4n) is 4.79. The maximum absolute atomic E-state index is 13.4. The van der Waals surface area contributed by atoms with Crippen LogP contribution in [0.1, 0.15) is 58.0 Å². The van der Waals surface area contributed by atoms with Crippen LogP contribution in [0.3, 0.4) is 0 Å². The van der Waals surface area contributed by atoms with Crippen LogP contribution in [0.25, 0.3) is 0 Å². The lowest BCUT2D eigenvalue weighted by molar-refractivity contribution is 0.0785. The number of hydrogen-bond donors (Lipinski definition) is 1. The van der Waals surface area contributed by atoms with Gasteiger partial charge in [-0.2, -0.15) is 4.39 Å². The van der Waals surface area contributed by atoms with Crippen molar-refractivity contribution in [2.75, 3.05) is 7.05 Å². The smallest absolute Gasteiger partial charge is 0.253 e. The number of pyridine rings is 2. The van der Waals surface area contributed by atoms with Crippen LogP contribution in [0.5, 0.6) is 0 Å². The van der Waals surface area contributed by atoms with Gasteiger partial charge in [0.2, 0.25) is 5.95 Å². The Morgan fingerprint density at radius 1 is 1.18 bits per heavy atom. The van der Waals surface area contributed by atoms with Crippen molar-refractivity contribution in [3.8, 4) is 0 Å². The van der Waals surface area contributed by atoms with E-state index in [-0.39, 0.29) is 11.8 Å². The summed E-state index contributed by atoms with van der Waals surface area (Å²) in [5.74, 6) is 0.227. The zero-order valence-corrected chi connectivity index (χ0v) is 19.1. The van der Waals surface area contributed by atoms with Crippen molar-refractivity contribution in [3.05, 3.63) is 94.8 Å². The van der Waals surface area contributed by atoms with E-state index < -0.39 is 12.1 Å². The van der Waals surface area contributed by atoms with Gasteiger partial charge in [0.05, 0.1) is 6.10 Å². The predicted octanol–water partition coefficient (Wildman–Crippen LogP) is 4.89. The molecule has 0 spiro atoms. The molecule has 3 aromatic rings. The largest absolute Gasteiger partial charge is 0.388 e. The molecule has 2 aromatic heterocycles. The Morgan fingerprint density at radius 2 is 1.97 bits per heavy atom. The molecule has 0 unspecified atom stereocenters. The number of carbonyl (C=O) groups excluding carboxylic acids is 1. The Hall–Kier alpha value is -3.12. The molecule has 3 atom stereocenters. The van der Waals surface area contributed by atoms with Crippen molar-refractivity contribution in [3.63, 3.8) is 0 Å². The fraction of sp³-hybridized carbons (Fsp3) is 0.370. The molecule has 5 nitrogen and oxygen atoms in total. The number of carbonyl (C=O) groups is 1. The average Bonchev–Trinajstić information content (AvgIpc) is 3.30. The van der Waals surface area contributed by atoms with E-state index in [0.29, 0.717) is 23.6 Å². The molecule has 1 N–H and O–H groups in total. The number of amides is 1. The number of rotatable bonds is 7. The molecular formula is C27H30FN3O2. The average molecular weight is 448 g/mol. The lowest BCUT2D eigenvalue weighted by Crippen LogP contribution is -2.26. The summed E-state index contributed by atoms with van der Waals surface area (Å²) in [5, 5.41) is 10.7. The Kier molecular flexibility index (Phi) is 7.14. The molecule has 33 heavy (non-hydrogen) atoms. The summed E-state index contributed by atoms with van der Waals surface area (Å²) in [5.41, 5.74) is 3.99. The Labute approximate surface area is 194 Å². The second kappa shape index (κ2) is 10.2. The molecule has 0 bridgehead atoms. The standard InChI is InChI=1S/C27H30FN3O2/c1-18-12-21(15-30-26(18)28)17-31(2)27(33)22-8-5-19(6-9-22)13-20-7-10-23(14-20)25(32)24-4-3-11-29-16-24/h3-6,8-9,11-12,15-16,20,23,25,32H,7,10,13-14,17H2,1-2H3/t20-,23-,25-/m0/s1. The van der Waals surface area contributed by atoms with Gasteiger partial charge in [0, 0.05) is 43.3 Å². The van der Waals surface area contributed by atoms with Crippen LogP contribution in [0.15, 0.2) is 61.1 Å². The Morgan fingerprint density at radius 3 is 2.67 bits per heavy atom. The molecular weight excluding hydrogens is 417 g/mol. The van der Waals surface area contributed by atoms with E-state index in [2.05, 4.69) is 9.97 Å². The third-order valence-corrected chi connectivity index (χ3v) is 6.62. The highest BCUT2D eigenvalue weighted by molar-refractivity contribution is 5.94. The maximum atomic E-state index is 13.4. The van der Waals surface area contributed by atoms with Gasteiger partial charge in [-0.3, -0.25) is 9.78 Å². The molecule has 1 aliphatic rings. The summed E-state index contributed by atoms with van der Waals surface area (Å²) in [6, 6.07) is 13.3. The van der Waals surface area contributed by atoms with Crippen molar-refractivity contribution < 1.29 is 14.3 Å². The molecule has 1 aliphatic carbocycles. The number of nitrogens with zero attached hydrogens (tertiary/aromatic N) is 3. The summed E-state index contributed by atoms with van der Waals surface area (Å²) in [6.45, 7) is 2.04. The summed E-state index contributed by atoms with van der Waals surface area (Å²) in [4.78, 5) is 22.3. The van der Waals surface area contributed by atoms with E-state index in [0.717, 1.165) is 36.8 Å². The van der Waals surface area contributed by atoms with Crippen LogP contribution < -0.4 is 0 Å². The van der Waals surface area contributed by atoms with Crippen LogP contribution in [0.4, 0.5) is 4.39 Å². The lowest BCUT2D eigenvalue weighted by atomic mass is 9.92. The number of aliphatic hydroxyl groups excluding tert-OH is 1. The van der Waals surface area contributed by atoms with Gasteiger partial charge in [-0.1, -0.05) is 18.2 Å². The number of aromatic nitrogens is 2. The van der Waals surface area contributed by atoms with E-state index in [1.165, 1.54) is 11.8 Å².